The highest BCUT2D eigenvalue weighted by Gasteiger charge is 2.33. The molecule has 0 fully saturated rings. The number of rotatable bonds is 7. The van der Waals surface area contributed by atoms with Crippen LogP contribution in [0.15, 0.2) is 34.6 Å². The van der Waals surface area contributed by atoms with E-state index in [1.807, 2.05) is 25.1 Å². The lowest BCUT2D eigenvalue weighted by atomic mass is 10.1. The van der Waals surface area contributed by atoms with E-state index in [4.69, 9.17) is 0 Å². The number of aromatic nitrogens is 1. The fraction of sp³-hybridized carbons (Fsp3) is 0.389. The molecule has 2 aromatic rings. The maximum absolute atomic E-state index is 12.6. The molecule has 0 saturated heterocycles. The monoisotopic (exact) mass is 541 g/mol. The zero-order chi connectivity index (χ0) is 20.6. The Bertz CT molecular complexity index is 826. The summed E-state index contributed by atoms with van der Waals surface area (Å²) in [5.41, 5.74) is 0.681. The van der Waals surface area contributed by atoms with Gasteiger partial charge in [0.05, 0.1) is 6.54 Å². The van der Waals surface area contributed by atoms with Gasteiger partial charge in [-0.1, -0.05) is 12.1 Å². The summed E-state index contributed by atoms with van der Waals surface area (Å²) in [6, 6.07) is 7.30. The Labute approximate surface area is 188 Å². The Balaban J connectivity index is 0.00000420. The number of nitrogens with one attached hydrogen (secondary N) is 3. The van der Waals surface area contributed by atoms with Gasteiger partial charge in [-0.15, -0.1) is 35.3 Å². The van der Waals surface area contributed by atoms with Crippen molar-refractivity contribution >= 4 is 47.2 Å². The van der Waals surface area contributed by atoms with Gasteiger partial charge in [0.1, 0.15) is 5.01 Å². The molecule has 1 aromatic heterocycles. The number of carbonyl (C=O) groups excluding carboxylic acids is 1. The van der Waals surface area contributed by atoms with E-state index in [2.05, 4.69) is 25.9 Å². The van der Waals surface area contributed by atoms with Crippen LogP contribution in [-0.2, 0) is 19.1 Å². The molecule has 2 rings (SSSR count). The molecule has 0 saturated carbocycles. The van der Waals surface area contributed by atoms with Crippen LogP contribution in [0.4, 0.5) is 13.2 Å². The Morgan fingerprint density at radius 3 is 2.66 bits per heavy atom. The first-order valence-corrected chi connectivity index (χ1v) is 9.56. The summed E-state index contributed by atoms with van der Waals surface area (Å²) in [5, 5.41) is 10.0. The molecule has 160 valence electrons. The lowest BCUT2D eigenvalue weighted by molar-refractivity contribution is -0.140. The number of carbonyl (C=O) groups is 1. The van der Waals surface area contributed by atoms with Gasteiger partial charge in [0, 0.05) is 31.1 Å². The highest BCUT2D eigenvalue weighted by atomic mass is 127. The molecule has 1 amide bonds. The van der Waals surface area contributed by atoms with E-state index in [0.29, 0.717) is 36.0 Å². The molecule has 0 aliphatic carbocycles. The molecule has 1 heterocycles. The molecule has 0 unspecified atom stereocenters. The molecular formula is C18H23F3IN5OS. The minimum atomic E-state index is -4.44. The molecule has 0 radical (unpaired) electrons. The predicted octanol–water partition coefficient (Wildman–Crippen LogP) is 3.44. The average Bonchev–Trinajstić information content (AvgIpc) is 3.15. The number of benzene rings is 1. The van der Waals surface area contributed by atoms with Gasteiger partial charge in [0.15, 0.2) is 11.7 Å². The van der Waals surface area contributed by atoms with Gasteiger partial charge in [-0.3, -0.25) is 4.79 Å². The minimum Gasteiger partial charge on any atom is -0.357 e. The van der Waals surface area contributed by atoms with Gasteiger partial charge in [0.25, 0.3) is 5.91 Å². The third kappa shape index (κ3) is 8.17. The molecule has 0 spiro atoms. The van der Waals surface area contributed by atoms with Crippen molar-refractivity contribution in [3.8, 4) is 0 Å². The van der Waals surface area contributed by atoms with Gasteiger partial charge in [-0.2, -0.15) is 13.2 Å². The van der Waals surface area contributed by atoms with Gasteiger partial charge in [-0.05, 0) is 31.0 Å². The molecule has 3 N–H and O–H groups in total. The minimum absolute atomic E-state index is 0. The average molecular weight is 541 g/mol. The third-order valence-corrected chi connectivity index (χ3v) is 4.51. The Morgan fingerprint density at radius 1 is 1.28 bits per heavy atom. The van der Waals surface area contributed by atoms with Crippen molar-refractivity contribution in [1.29, 1.82) is 0 Å². The van der Waals surface area contributed by atoms with E-state index in [0.717, 1.165) is 22.3 Å². The van der Waals surface area contributed by atoms with Gasteiger partial charge in [0.2, 0.25) is 0 Å². The van der Waals surface area contributed by atoms with Crippen molar-refractivity contribution in [2.24, 2.45) is 4.99 Å². The zero-order valence-corrected chi connectivity index (χ0v) is 19.1. The summed E-state index contributed by atoms with van der Waals surface area (Å²) in [6.45, 7) is 3.12. The van der Waals surface area contributed by atoms with E-state index >= 15 is 0 Å². The van der Waals surface area contributed by atoms with Crippen molar-refractivity contribution in [3.63, 3.8) is 0 Å². The zero-order valence-electron chi connectivity index (χ0n) is 16.0. The number of alkyl halides is 3. The highest BCUT2D eigenvalue weighted by molar-refractivity contribution is 14.0. The summed E-state index contributed by atoms with van der Waals surface area (Å²) in [7, 11) is 1.58. The van der Waals surface area contributed by atoms with Crippen LogP contribution in [0, 0.1) is 0 Å². The van der Waals surface area contributed by atoms with Gasteiger partial charge < -0.3 is 16.0 Å². The first kappa shape index (κ1) is 25.1. The normalized spacial score (nSPS) is 11.6. The molecule has 11 heteroatoms. The maximum Gasteiger partial charge on any atom is 0.434 e. The molecule has 0 atom stereocenters. The van der Waals surface area contributed by atoms with E-state index in [1.54, 1.807) is 13.1 Å². The number of halogens is 4. The second-order valence-corrected chi connectivity index (χ2v) is 6.72. The largest absolute Gasteiger partial charge is 0.434 e. The Kier molecular flexibility index (Phi) is 10.4. The lowest BCUT2D eigenvalue weighted by Gasteiger charge is -2.11. The van der Waals surface area contributed by atoms with Gasteiger partial charge in [-0.25, -0.2) is 9.98 Å². The van der Waals surface area contributed by atoms with Crippen molar-refractivity contribution in [1.82, 2.24) is 20.9 Å². The standard InChI is InChI=1S/C18H22F3N5OS.HI/c1-3-23-17(25-10-15-26-14(11-28-15)18(19,20)21)24-8-7-12-5-4-6-13(9-12)16(27)22-2;/h4-6,9,11H,3,7-8,10H2,1-2H3,(H,22,27)(H2,23,24,25);1H. The van der Waals surface area contributed by atoms with E-state index in [1.165, 1.54) is 0 Å². The fourth-order valence-electron chi connectivity index (χ4n) is 2.34. The summed E-state index contributed by atoms with van der Waals surface area (Å²) < 4.78 is 37.8. The maximum atomic E-state index is 12.6. The summed E-state index contributed by atoms with van der Waals surface area (Å²) in [4.78, 5) is 19.5. The second-order valence-electron chi connectivity index (χ2n) is 5.78. The fourth-order valence-corrected chi connectivity index (χ4v) is 3.06. The van der Waals surface area contributed by atoms with Crippen LogP contribution >= 0.6 is 35.3 Å². The van der Waals surface area contributed by atoms with Crippen LogP contribution in [0.5, 0.6) is 0 Å². The van der Waals surface area contributed by atoms with Gasteiger partial charge >= 0.3 is 6.18 Å². The number of nitrogens with zero attached hydrogens (tertiary/aromatic N) is 2. The molecule has 0 aliphatic heterocycles. The van der Waals surface area contributed by atoms with Crippen LogP contribution in [-0.4, -0.2) is 37.0 Å². The predicted molar refractivity (Wildman–Crippen MR) is 119 cm³/mol. The number of hydrogen-bond donors (Lipinski definition) is 3. The van der Waals surface area contributed by atoms with Crippen molar-refractivity contribution in [2.75, 3.05) is 20.1 Å². The molecule has 0 bridgehead atoms. The summed E-state index contributed by atoms with van der Waals surface area (Å²) in [6.07, 6.45) is -3.78. The number of guanidine groups is 1. The van der Waals surface area contributed by atoms with Crippen molar-refractivity contribution < 1.29 is 18.0 Å². The Hall–Kier alpha value is -1.89. The number of hydrogen-bond acceptors (Lipinski definition) is 4. The second kappa shape index (κ2) is 12.0. The van der Waals surface area contributed by atoms with E-state index < -0.39 is 11.9 Å². The third-order valence-electron chi connectivity index (χ3n) is 3.68. The molecule has 29 heavy (non-hydrogen) atoms. The lowest BCUT2D eigenvalue weighted by Crippen LogP contribution is -2.38. The number of thiazole rings is 1. The first-order valence-electron chi connectivity index (χ1n) is 8.68. The van der Waals surface area contributed by atoms with Crippen LogP contribution in [0.1, 0.15) is 33.5 Å². The Morgan fingerprint density at radius 2 is 2.03 bits per heavy atom. The van der Waals surface area contributed by atoms with Crippen LogP contribution in [0.2, 0.25) is 0 Å². The topological polar surface area (TPSA) is 78.4 Å². The molecule has 0 aliphatic rings. The highest BCUT2D eigenvalue weighted by Crippen LogP contribution is 2.30. The molecular weight excluding hydrogens is 518 g/mol. The molecule has 1 aromatic carbocycles. The number of aliphatic imine (C=N–C) groups is 1. The van der Waals surface area contributed by atoms with Crippen LogP contribution < -0.4 is 16.0 Å². The summed E-state index contributed by atoms with van der Waals surface area (Å²) >= 11 is 0.932. The quantitative estimate of drug-likeness (QED) is 0.285. The van der Waals surface area contributed by atoms with E-state index in [-0.39, 0.29) is 36.4 Å². The van der Waals surface area contributed by atoms with Crippen molar-refractivity contribution in [2.45, 2.75) is 26.1 Å². The van der Waals surface area contributed by atoms with Crippen molar-refractivity contribution in [3.05, 3.63) is 51.5 Å². The smallest absolute Gasteiger partial charge is 0.357 e. The first-order chi connectivity index (χ1) is 13.3. The van der Waals surface area contributed by atoms with Crippen LogP contribution in [0.25, 0.3) is 0 Å². The van der Waals surface area contributed by atoms with Crippen LogP contribution in [0.3, 0.4) is 0 Å². The SMILES string of the molecule is CCNC(=NCc1nc(C(F)(F)F)cs1)NCCc1cccc(C(=O)NC)c1.I. The number of amides is 1. The summed E-state index contributed by atoms with van der Waals surface area (Å²) in [5.74, 6) is 0.347. The molecule has 6 nitrogen and oxygen atoms in total. The van der Waals surface area contributed by atoms with E-state index in [9.17, 15) is 18.0 Å².